The van der Waals surface area contributed by atoms with Crippen molar-refractivity contribution in [1.29, 1.82) is 0 Å². The minimum Gasteiger partial charge on any atom is -0.309 e. The summed E-state index contributed by atoms with van der Waals surface area (Å²) in [6, 6.07) is 57.9. The second-order valence-corrected chi connectivity index (χ2v) is 15.4. The number of benzene rings is 8. The maximum atomic E-state index is 5.28. The molecule has 5 heteroatoms. The van der Waals surface area contributed by atoms with Crippen molar-refractivity contribution >= 4 is 55.9 Å². The average Bonchev–Trinajstić information content (AvgIpc) is 3.23. The summed E-state index contributed by atoms with van der Waals surface area (Å²) >= 11 is 0. The van der Waals surface area contributed by atoms with Crippen LogP contribution in [0.4, 0.5) is 34.4 Å². The van der Waals surface area contributed by atoms with Gasteiger partial charge in [-0.2, -0.15) is 9.97 Å². The fourth-order valence-electron chi connectivity index (χ4n) is 8.51. The molecule has 0 aliphatic heterocycles. The second-order valence-electron chi connectivity index (χ2n) is 15.4. The Balaban J connectivity index is 1.25. The second kappa shape index (κ2) is 15.1. The first kappa shape index (κ1) is 36.5. The Labute approximate surface area is 341 Å². The molecule has 0 unspecified atom stereocenters. The molecule has 0 radical (unpaired) electrons. The van der Waals surface area contributed by atoms with Crippen LogP contribution in [0, 0.1) is 41.5 Å². The molecule has 0 atom stereocenters. The highest BCUT2D eigenvalue weighted by atomic mass is 15.3. The van der Waals surface area contributed by atoms with Gasteiger partial charge in [-0.3, -0.25) is 4.90 Å². The van der Waals surface area contributed by atoms with Gasteiger partial charge in [0.2, 0.25) is 5.95 Å². The van der Waals surface area contributed by atoms with Gasteiger partial charge >= 0.3 is 0 Å². The Morgan fingerprint density at radius 3 is 1.31 bits per heavy atom. The largest absolute Gasteiger partial charge is 0.309 e. The van der Waals surface area contributed by atoms with E-state index in [1.165, 1.54) is 55.5 Å². The van der Waals surface area contributed by atoms with E-state index in [9.17, 15) is 0 Å². The van der Waals surface area contributed by atoms with Gasteiger partial charge in [-0.05, 0) is 128 Å². The molecule has 0 bridgehead atoms. The molecule has 8 aromatic carbocycles. The monoisotopic (exact) mass is 751 g/mol. The fraction of sp³-hybridized carbons (Fsp3) is 0.113. The Bertz CT molecular complexity index is 2870. The van der Waals surface area contributed by atoms with Crippen molar-refractivity contribution in [1.82, 2.24) is 15.0 Å². The van der Waals surface area contributed by atoms with Gasteiger partial charge in [-0.25, -0.2) is 4.98 Å². The average molecular weight is 752 g/mol. The summed E-state index contributed by atoms with van der Waals surface area (Å²) in [5.74, 6) is 1.75. The van der Waals surface area contributed by atoms with Crippen molar-refractivity contribution in [3.8, 4) is 22.8 Å². The van der Waals surface area contributed by atoms with Crippen LogP contribution in [-0.2, 0) is 0 Å². The van der Waals surface area contributed by atoms with Gasteiger partial charge in [-0.15, -0.1) is 0 Å². The molecule has 0 fully saturated rings. The van der Waals surface area contributed by atoms with E-state index in [0.29, 0.717) is 17.6 Å². The number of hydrogen-bond acceptors (Lipinski definition) is 5. The molecule has 5 nitrogen and oxygen atoms in total. The van der Waals surface area contributed by atoms with E-state index < -0.39 is 0 Å². The molecule has 1 aromatic heterocycles. The van der Waals surface area contributed by atoms with Crippen LogP contribution < -0.4 is 9.80 Å². The van der Waals surface area contributed by atoms with Gasteiger partial charge in [0.15, 0.2) is 11.6 Å². The first-order valence-corrected chi connectivity index (χ1v) is 19.9. The van der Waals surface area contributed by atoms with Crippen molar-refractivity contribution in [3.63, 3.8) is 0 Å². The van der Waals surface area contributed by atoms with Crippen molar-refractivity contribution in [2.45, 2.75) is 41.5 Å². The molecule has 1 heterocycles. The van der Waals surface area contributed by atoms with Gasteiger partial charge in [0.25, 0.3) is 0 Å². The summed E-state index contributed by atoms with van der Waals surface area (Å²) in [5, 5.41) is 4.61. The normalized spacial score (nSPS) is 11.3. The van der Waals surface area contributed by atoms with E-state index in [1.54, 1.807) is 0 Å². The molecule has 282 valence electrons. The van der Waals surface area contributed by atoms with Crippen molar-refractivity contribution in [2.24, 2.45) is 0 Å². The zero-order valence-corrected chi connectivity index (χ0v) is 33.8. The molecule has 0 saturated carbocycles. The SMILES string of the molecule is Cc1cc(C)c(N(c2ccc(N(c3ccc4ccccc4c3)c3nc(-c4ccccc4)nc(-c4ccc5ccccc5c4)n3)cc2)c2c(C)cc(C)cc2C)c(C)c1. The van der Waals surface area contributed by atoms with E-state index in [-0.39, 0.29) is 0 Å². The maximum Gasteiger partial charge on any atom is 0.238 e. The summed E-state index contributed by atoms with van der Waals surface area (Å²) < 4.78 is 0. The lowest BCUT2D eigenvalue weighted by atomic mass is 9.98. The lowest BCUT2D eigenvalue weighted by Gasteiger charge is -2.32. The summed E-state index contributed by atoms with van der Waals surface area (Å²) in [6.07, 6.45) is 0. The fourth-order valence-corrected chi connectivity index (χ4v) is 8.51. The summed E-state index contributed by atoms with van der Waals surface area (Å²) in [4.78, 5) is 20.2. The highest BCUT2D eigenvalue weighted by Gasteiger charge is 2.24. The van der Waals surface area contributed by atoms with Crippen molar-refractivity contribution in [2.75, 3.05) is 9.80 Å². The lowest BCUT2D eigenvalue weighted by molar-refractivity contribution is 1.02. The van der Waals surface area contributed by atoms with Crippen LogP contribution in [0.1, 0.15) is 33.4 Å². The number of aromatic nitrogens is 3. The number of hydrogen-bond donors (Lipinski definition) is 0. The standard InChI is InChI=1S/C53H45N5/c1-34-28-36(3)49(37(4)29-34)58(50-38(5)30-35(2)31-39(50)6)47-26-24-46(25-27-47)57(48-23-22-41-15-11-13-19-44(41)33-48)53-55-51(42-16-8-7-9-17-42)54-52(56-53)45-21-20-40-14-10-12-18-43(40)32-45/h7-33H,1-6H3. The molecular formula is C53H45N5. The van der Waals surface area contributed by atoms with Gasteiger partial charge < -0.3 is 4.90 Å². The molecular weight excluding hydrogens is 707 g/mol. The van der Waals surface area contributed by atoms with Crippen LogP contribution >= 0.6 is 0 Å². The van der Waals surface area contributed by atoms with E-state index in [0.717, 1.165) is 39.0 Å². The number of anilines is 6. The highest BCUT2D eigenvalue weighted by molar-refractivity contribution is 5.90. The quantitative estimate of drug-likeness (QED) is 0.155. The van der Waals surface area contributed by atoms with Crippen LogP contribution in [0.3, 0.4) is 0 Å². The maximum absolute atomic E-state index is 5.28. The molecule has 0 saturated heterocycles. The zero-order chi connectivity index (χ0) is 39.9. The van der Waals surface area contributed by atoms with Crippen molar-refractivity contribution in [3.05, 3.63) is 197 Å². The van der Waals surface area contributed by atoms with Crippen LogP contribution in [0.5, 0.6) is 0 Å². The van der Waals surface area contributed by atoms with Crippen LogP contribution in [0.25, 0.3) is 44.3 Å². The van der Waals surface area contributed by atoms with Gasteiger partial charge in [0.05, 0.1) is 11.4 Å². The molecule has 9 aromatic rings. The predicted molar refractivity (Wildman–Crippen MR) is 243 cm³/mol. The number of rotatable bonds is 8. The van der Waals surface area contributed by atoms with Gasteiger partial charge in [-0.1, -0.05) is 132 Å². The number of aryl methyl sites for hydroxylation is 6. The van der Waals surface area contributed by atoms with Crippen molar-refractivity contribution < 1.29 is 0 Å². The summed E-state index contributed by atoms with van der Waals surface area (Å²) in [5.41, 5.74) is 14.7. The number of fused-ring (bicyclic) bond motifs is 2. The molecule has 58 heavy (non-hydrogen) atoms. The third kappa shape index (κ3) is 6.96. The van der Waals surface area contributed by atoms with Crippen LogP contribution in [0.15, 0.2) is 164 Å². The van der Waals surface area contributed by atoms with E-state index in [4.69, 9.17) is 15.0 Å². The van der Waals surface area contributed by atoms with E-state index in [2.05, 4.69) is 197 Å². The Kier molecular flexibility index (Phi) is 9.50. The minimum absolute atomic E-state index is 0.535. The molecule has 0 aliphatic rings. The van der Waals surface area contributed by atoms with Crippen LogP contribution in [-0.4, -0.2) is 15.0 Å². The summed E-state index contributed by atoms with van der Waals surface area (Å²) in [6.45, 7) is 13.2. The molecule has 0 amide bonds. The Morgan fingerprint density at radius 2 is 0.759 bits per heavy atom. The van der Waals surface area contributed by atoms with Gasteiger partial charge in [0, 0.05) is 28.2 Å². The minimum atomic E-state index is 0.535. The third-order valence-corrected chi connectivity index (χ3v) is 10.9. The van der Waals surface area contributed by atoms with E-state index >= 15 is 0 Å². The smallest absolute Gasteiger partial charge is 0.238 e. The lowest BCUT2D eigenvalue weighted by Crippen LogP contribution is -2.17. The Morgan fingerprint density at radius 1 is 0.328 bits per heavy atom. The van der Waals surface area contributed by atoms with E-state index in [1.807, 2.05) is 18.2 Å². The van der Waals surface area contributed by atoms with Gasteiger partial charge in [0.1, 0.15) is 0 Å². The molecule has 9 rings (SSSR count). The third-order valence-electron chi connectivity index (χ3n) is 10.9. The molecule has 0 spiro atoms. The zero-order valence-electron chi connectivity index (χ0n) is 33.8. The molecule has 0 N–H and O–H groups in total. The topological polar surface area (TPSA) is 45.2 Å². The van der Waals surface area contributed by atoms with Crippen LogP contribution in [0.2, 0.25) is 0 Å². The summed E-state index contributed by atoms with van der Waals surface area (Å²) in [7, 11) is 0. The first-order valence-electron chi connectivity index (χ1n) is 19.9. The first-order chi connectivity index (χ1) is 28.2. The number of nitrogens with zero attached hydrogens (tertiary/aromatic N) is 5. The molecule has 0 aliphatic carbocycles. The predicted octanol–water partition coefficient (Wildman–Crippen LogP) is 14.3. The highest BCUT2D eigenvalue weighted by Crippen LogP contribution is 2.44. The Hall–Kier alpha value is -7.11.